The number of pyridine rings is 1. The van der Waals surface area contributed by atoms with Gasteiger partial charge in [-0.15, -0.1) is 0 Å². The number of H-pyrrole nitrogens is 1. The largest absolute Gasteiger partial charge is 0.368 e. The van der Waals surface area contributed by atoms with Gasteiger partial charge in [0.15, 0.2) is 0 Å². The van der Waals surface area contributed by atoms with Crippen molar-refractivity contribution < 1.29 is 8.78 Å². The van der Waals surface area contributed by atoms with Crippen molar-refractivity contribution in [3.05, 3.63) is 66.1 Å². The molecule has 1 N–H and O–H groups in total. The number of piperazine rings is 1. The summed E-state index contributed by atoms with van der Waals surface area (Å²) in [5, 5.41) is 0.841. The average molecular weight is 393 g/mol. The lowest BCUT2D eigenvalue weighted by molar-refractivity contribution is 0.193. The fourth-order valence-electron chi connectivity index (χ4n) is 4.10. The van der Waals surface area contributed by atoms with Crippen LogP contribution >= 0.6 is 0 Å². The van der Waals surface area contributed by atoms with E-state index in [4.69, 9.17) is 0 Å². The maximum Gasteiger partial charge on any atom is 0.125 e. The number of hydrogen-bond donors (Lipinski definition) is 1. The van der Waals surface area contributed by atoms with Crippen LogP contribution in [0.3, 0.4) is 0 Å². The van der Waals surface area contributed by atoms with Crippen molar-refractivity contribution in [1.82, 2.24) is 19.9 Å². The van der Waals surface area contributed by atoms with E-state index < -0.39 is 0 Å². The highest BCUT2D eigenvalue weighted by molar-refractivity contribution is 5.91. The number of aromatic amines is 1. The minimum atomic E-state index is -0.269. The minimum absolute atomic E-state index is 0.0965. The van der Waals surface area contributed by atoms with Crippen molar-refractivity contribution in [2.45, 2.75) is 13.0 Å². The van der Waals surface area contributed by atoms with Crippen molar-refractivity contribution in [2.75, 3.05) is 31.1 Å². The summed E-state index contributed by atoms with van der Waals surface area (Å²) in [6, 6.07) is 11.4. The Labute approximate surface area is 167 Å². The van der Waals surface area contributed by atoms with Crippen molar-refractivity contribution in [3.8, 4) is 0 Å². The van der Waals surface area contributed by atoms with Gasteiger partial charge in [0.05, 0.1) is 22.6 Å². The second-order valence-electron chi connectivity index (χ2n) is 7.47. The fraction of sp³-hybridized carbons (Fsp3) is 0.273. The number of nitrogens with one attached hydrogen (secondary N) is 1. The van der Waals surface area contributed by atoms with Crippen LogP contribution in [0.15, 0.2) is 48.7 Å². The molecule has 1 atom stereocenters. The van der Waals surface area contributed by atoms with Crippen molar-refractivity contribution in [1.29, 1.82) is 0 Å². The molecule has 1 saturated heterocycles. The first-order valence-corrected chi connectivity index (χ1v) is 9.77. The van der Waals surface area contributed by atoms with E-state index in [1.165, 1.54) is 18.2 Å². The summed E-state index contributed by atoms with van der Waals surface area (Å²) >= 11 is 0. The Kier molecular flexibility index (Phi) is 4.39. The number of fused-ring (bicyclic) bond motifs is 2. The van der Waals surface area contributed by atoms with Crippen LogP contribution in [0.25, 0.3) is 21.9 Å². The molecule has 1 aliphatic rings. The van der Waals surface area contributed by atoms with Crippen LogP contribution in [0.2, 0.25) is 0 Å². The number of aromatic nitrogens is 3. The third-order valence-electron chi connectivity index (χ3n) is 5.74. The minimum Gasteiger partial charge on any atom is -0.368 e. The first-order chi connectivity index (χ1) is 14.1. The van der Waals surface area contributed by atoms with E-state index in [2.05, 4.69) is 31.7 Å². The monoisotopic (exact) mass is 393 g/mol. The van der Waals surface area contributed by atoms with E-state index in [1.54, 1.807) is 24.4 Å². The number of rotatable bonds is 3. The van der Waals surface area contributed by atoms with Gasteiger partial charge >= 0.3 is 0 Å². The highest BCUT2D eigenvalue weighted by Crippen LogP contribution is 2.29. The Morgan fingerprint density at radius 2 is 1.66 bits per heavy atom. The highest BCUT2D eigenvalue weighted by atomic mass is 19.1. The maximum atomic E-state index is 13.8. The normalized spacial score (nSPS) is 16.6. The molecular formula is C22H21F2N5. The lowest BCUT2D eigenvalue weighted by Gasteiger charge is -2.38. The molecule has 2 aromatic heterocycles. The zero-order chi connectivity index (χ0) is 20.0. The van der Waals surface area contributed by atoms with Gasteiger partial charge in [0.2, 0.25) is 0 Å². The fourth-order valence-corrected chi connectivity index (χ4v) is 4.10. The van der Waals surface area contributed by atoms with Crippen molar-refractivity contribution in [2.24, 2.45) is 0 Å². The first kappa shape index (κ1) is 18.0. The second-order valence-corrected chi connectivity index (χ2v) is 7.47. The molecule has 29 heavy (non-hydrogen) atoms. The predicted molar refractivity (Wildman–Crippen MR) is 110 cm³/mol. The topological polar surface area (TPSA) is 48.1 Å². The van der Waals surface area contributed by atoms with Crippen LogP contribution in [0.1, 0.15) is 18.8 Å². The van der Waals surface area contributed by atoms with E-state index in [0.717, 1.165) is 59.6 Å². The molecule has 1 fully saturated rings. The second kappa shape index (κ2) is 7.08. The van der Waals surface area contributed by atoms with Crippen LogP contribution in [0.4, 0.5) is 14.5 Å². The molecule has 0 spiro atoms. The van der Waals surface area contributed by atoms with Gasteiger partial charge in [-0.05, 0) is 49.4 Å². The van der Waals surface area contributed by atoms with Gasteiger partial charge in [-0.3, -0.25) is 9.88 Å². The van der Waals surface area contributed by atoms with Gasteiger partial charge in [0.25, 0.3) is 0 Å². The quantitative estimate of drug-likeness (QED) is 0.565. The van der Waals surface area contributed by atoms with Gasteiger partial charge < -0.3 is 9.88 Å². The molecule has 0 unspecified atom stereocenters. The lowest BCUT2D eigenvalue weighted by Crippen LogP contribution is -2.47. The van der Waals surface area contributed by atoms with Crippen molar-refractivity contribution in [3.63, 3.8) is 0 Å². The number of imidazole rings is 1. The molecule has 3 heterocycles. The SMILES string of the molecule is C[C@H](c1nc2ccc(F)cc2[nH]1)N1CCN(c2ccnc3ccc(F)cc23)CC1. The summed E-state index contributed by atoms with van der Waals surface area (Å²) in [5.41, 5.74) is 3.31. The maximum absolute atomic E-state index is 13.8. The van der Waals surface area contributed by atoms with Crippen LogP contribution in [-0.4, -0.2) is 46.0 Å². The molecule has 1 aliphatic heterocycles. The molecule has 0 saturated carbocycles. The predicted octanol–water partition coefficient (Wildman–Crippen LogP) is 4.27. The summed E-state index contributed by atoms with van der Waals surface area (Å²) in [4.78, 5) is 16.9. The summed E-state index contributed by atoms with van der Waals surface area (Å²) in [5.74, 6) is 0.325. The Balaban J connectivity index is 1.34. The Morgan fingerprint density at radius 3 is 2.45 bits per heavy atom. The molecule has 148 valence electrons. The highest BCUT2D eigenvalue weighted by Gasteiger charge is 2.25. The third-order valence-corrected chi connectivity index (χ3v) is 5.74. The van der Waals surface area contributed by atoms with Gasteiger partial charge in [0, 0.05) is 43.4 Å². The van der Waals surface area contributed by atoms with Gasteiger partial charge in [-0.2, -0.15) is 0 Å². The van der Waals surface area contributed by atoms with Crippen LogP contribution in [-0.2, 0) is 0 Å². The smallest absolute Gasteiger partial charge is 0.125 e. The average Bonchev–Trinajstić information content (AvgIpc) is 3.16. The number of nitrogens with zero attached hydrogens (tertiary/aromatic N) is 4. The molecule has 7 heteroatoms. The number of hydrogen-bond acceptors (Lipinski definition) is 4. The van der Waals surface area contributed by atoms with E-state index in [-0.39, 0.29) is 17.7 Å². The molecule has 5 rings (SSSR count). The molecule has 5 nitrogen and oxygen atoms in total. The van der Waals surface area contributed by atoms with Crippen molar-refractivity contribution >= 4 is 27.6 Å². The number of anilines is 1. The molecular weight excluding hydrogens is 372 g/mol. The Bertz CT molecular complexity index is 1180. The standard InChI is InChI=1S/C22H21F2N5/c1-14(22-26-19-5-3-16(24)13-20(19)27-22)28-8-10-29(11-9-28)21-6-7-25-18-4-2-15(23)12-17(18)21/h2-7,12-14H,8-11H2,1H3,(H,26,27)/t14-/m1/s1. The van der Waals surface area contributed by atoms with Gasteiger partial charge in [-0.1, -0.05) is 0 Å². The lowest BCUT2D eigenvalue weighted by atomic mass is 10.1. The van der Waals surface area contributed by atoms with E-state index in [1.807, 2.05) is 6.07 Å². The summed E-state index contributed by atoms with van der Waals surface area (Å²) in [7, 11) is 0. The van der Waals surface area contributed by atoms with Crippen LogP contribution in [0.5, 0.6) is 0 Å². The molecule has 0 amide bonds. The first-order valence-electron chi connectivity index (χ1n) is 9.77. The number of benzene rings is 2. The number of halogens is 2. The molecule has 4 aromatic rings. The van der Waals surface area contributed by atoms with Crippen LogP contribution < -0.4 is 4.90 Å². The molecule has 0 aliphatic carbocycles. The zero-order valence-electron chi connectivity index (χ0n) is 16.1. The zero-order valence-corrected chi connectivity index (χ0v) is 16.1. The Hall–Kier alpha value is -3.06. The van der Waals surface area contributed by atoms with E-state index >= 15 is 0 Å². The molecule has 2 aromatic carbocycles. The summed E-state index contributed by atoms with van der Waals surface area (Å²) in [6.45, 7) is 5.47. The molecule has 0 radical (unpaired) electrons. The summed E-state index contributed by atoms with van der Waals surface area (Å²) in [6.07, 6.45) is 1.78. The summed E-state index contributed by atoms with van der Waals surface area (Å²) < 4.78 is 27.2. The van der Waals surface area contributed by atoms with Gasteiger partial charge in [0.1, 0.15) is 17.5 Å². The van der Waals surface area contributed by atoms with Gasteiger partial charge in [-0.25, -0.2) is 13.8 Å². The van der Waals surface area contributed by atoms with E-state index in [0.29, 0.717) is 0 Å². The van der Waals surface area contributed by atoms with E-state index in [9.17, 15) is 8.78 Å². The van der Waals surface area contributed by atoms with Crippen LogP contribution in [0, 0.1) is 11.6 Å². The Morgan fingerprint density at radius 1 is 0.931 bits per heavy atom. The molecule has 0 bridgehead atoms. The third kappa shape index (κ3) is 3.31.